The molecule has 2 aromatic heterocycles. The molecule has 0 aliphatic heterocycles. The van der Waals surface area contributed by atoms with E-state index in [-0.39, 0.29) is 18.1 Å². The first-order valence-electron chi connectivity index (χ1n) is 8.46. The third-order valence-corrected chi connectivity index (χ3v) is 4.56. The minimum atomic E-state index is -0.373. The predicted molar refractivity (Wildman–Crippen MR) is 102 cm³/mol. The number of nitrogens with zero attached hydrogens (tertiary/aromatic N) is 1. The van der Waals surface area contributed by atoms with Gasteiger partial charge in [0.05, 0.1) is 5.39 Å². The number of carbonyl (C=O) groups is 1. The molecule has 0 aliphatic carbocycles. The van der Waals surface area contributed by atoms with Crippen LogP contribution in [-0.2, 0) is 11.2 Å². The number of amides is 1. The zero-order valence-electron chi connectivity index (χ0n) is 14.7. The van der Waals surface area contributed by atoms with Crippen LogP contribution in [0.15, 0.2) is 39.0 Å². The van der Waals surface area contributed by atoms with E-state index in [2.05, 4.69) is 17.2 Å². The maximum absolute atomic E-state index is 12.1. The number of hydrogen-bond donors (Lipinski definition) is 1. The number of anilines is 1. The van der Waals surface area contributed by atoms with Crippen molar-refractivity contribution in [2.45, 2.75) is 33.1 Å². The second kappa shape index (κ2) is 8.14. The molecule has 0 aliphatic rings. The fourth-order valence-electron chi connectivity index (χ4n) is 2.73. The number of rotatable bonds is 7. The summed E-state index contributed by atoms with van der Waals surface area (Å²) in [6.45, 7) is 3.84. The normalized spacial score (nSPS) is 10.8. The Bertz CT molecular complexity index is 964. The zero-order valence-corrected chi connectivity index (χ0v) is 15.5. The first-order valence-corrected chi connectivity index (χ1v) is 9.34. The molecule has 0 saturated heterocycles. The van der Waals surface area contributed by atoms with Gasteiger partial charge in [0, 0.05) is 17.6 Å². The molecule has 0 bridgehead atoms. The van der Waals surface area contributed by atoms with Gasteiger partial charge in [-0.1, -0.05) is 13.3 Å². The Hall–Kier alpha value is -2.67. The Morgan fingerprint density at radius 1 is 1.35 bits per heavy atom. The van der Waals surface area contributed by atoms with E-state index in [1.807, 2.05) is 19.1 Å². The summed E-state index contributed by atoms with van der Waals surface area (Å²) in [7, 11) is 0. The molecule has 0 unspecified atom stereocenters. The van der Waals surface area contributed by atoms with E-state index in [4.69, 9.17) is 9.15 Å². The number of carbonyl (C=O) groups excluding carboxylic acids is 1. The van der Waals surface area contributed by atoms with Crippen LogP contribution in [0.3, 0.4) is 0 Å². The molecular formula is C19H20N2O4S. The van der Waals surface area contributed by atoms with Gasteiger partial charge in [-0.05, 0) is 43.0 Å². The highest BCUT2D eigenvalue weighted by Crippen LogP contribution is 2.30. The minimum Gasteiger partial charge on any atom is -0.483 e. The SMILES string of the molecule is CCCCc1cc(=O)oc2cc(C)cc(OCC(=O)Nc3nccs3)c12. The number of thiazole rings is 1. The van der Waals surface area contributed by atoms with Crippen molar-refractivity contribution in [1.82, 2.24) is 4.98 Å². The lowest BCUT2D eigenvalue weighted by Gasteiger charge is -2.13. The Kier molecular flexibility index (Phi) is 5.68. The van der Waals surface area contributed by atoms with Gasteiger partial charge in [-0.3, -0.25) is 10.1 Å². The van der Waals surface area contributed by atoms with Crippen molar-refractivity contribution in [2.75, 3.05) is 11.9 Å². The van der Waals surface area contributed by atoms with Crippen LogP contribution in [0.4, 0.5) is 5.13 Å². The van der Waals surface area contributed by atoms with E-state index in [0.717, 1.165) is 35.8 Å². The molecule has 6 nitrogen and oxygen atoms in total. The Morgan fingerprint density at radius 2 is 2.19 bits per heavy atom. The van der Waals surface area contributed by atoms with Gasteiger partial charge < -0.3 is 9.15 Å². The maximum Gasteiger partial charge on any atom is 0.336 e. The summed E-state index contributed by atoms with van der Waals surface area (Å²) in [5.74, 6) is 0.256. The van der Waals surface area contributed by atoms with E-state index in [0.29, 0.717) is 16.5 Å². The first-order chi connectivity index (χ1) is 12.6. The second-order valence-corrected chi connectivity index (χ2v) is 6.90. The monoisotopic (exact) mass is 372 g/mol. The van der Waals surface area contributed by atoms with Crippen LogP contribution in [0.25, 0.3) is 11.0 Å². The van der Waals surface area contributed by atoms with Gasteiger partial charge in [0.25, 0.3) is 5.91 Å². The average Bonchev–Trinajstić information content (AvgIpc) is 3.09. The number of benzene rings is 1. The fraction of sp³-hybridized carbons (Fsp3) is 0.316. The van der Waals surface area contributed by atoms with Gasteiger partial charge in [-0.15, -0.1) is 11.3 Å². The Morgan fingerprint density at radius 3 is 2.92 bits per heavy atom. The van der Waals surface area contributed by atoms with Crippen molar-refractivity contribution in [3.8, 4) is 5.75 Å². The maximum atomic E-state index is 12.1. The van der Waals surface area contributed by atoms with Crippen LogP contribution < -0.4 is 15.7 Å². The van der Waals surface area contributed by atoms with Gasteiger partial charge >= 0.3 is 5.63 Å². The molecule has 3 rings (SSSR count). The second-order valence-electron chi connectivity index (χ2n) is 6.00. The standard InChI is InChI=1S/C19H20N2O4S/c1-3-4-5-13-10-17(23)25-15-9-12(2)8-14(18(13)15)24-11-16(22)21-19-20-6-7-26-19/h6-10H,3-5,11H2,1-2H3,(H,20,21,22). The van der Waals surface area contributed by atoms with E-state index in [1.165, 1.54) is 17.4 Å². The number of aryl methyl sites for hydroxylation is 2. The third-order valence-electron chi connectivity index (χ3n) is 3.87. The quantitative estimate of drug-likeness (QED) is 0.636. The molecule has 7 heteroatoms. The van der Waals surface area contributed by atoms with Crippen LogP contribution >= 0.6 is 11.3 Å². The van der Waals surface area contributed by atoms with Gasteiger partial charge in [-0.2, -0.15) is 0 Å². The highest BCUT2D eigenvalue weighted by molar-refractivity contribution is 7.13. The largest absolute Gasteiger partial charge is 0.483 e. The van der Waals surface area contributed by atoms with Crippen molar-refractivity contribution in [3.63, 3.8) is 0 Å². The molecule has 1 amide bonds. The summed E-state index contributed by atoms with van der Waals surface area (Å²) in [6.07, 6.45) is 4.34. The minimum absolute atomic E-state index is 0.148. The van der Waals surface area contributed by atoms with E-state index in [1.54, 1.807) is 11.6 Å². The molecule has 0 spiro atoms. The topological polar surface area (TPSA) is 81.4 Å². The van der Waals surface area contributed by atoms with Crippen LogP contribution in [0.2, 0.25) is 0 Å². The molecule has 3 aromatic rings. The molecule has 1 N–H and O–H groups in total. The first kappa shape index (κ1) is 18.1. The van der Waals surface area contributed by atoms with E-state index in [9.17, 15) is 9.59 Å². The molecular weight excluding hydrogens is 352 g/mol. The molecule has 0 atom stereocenters. The van der Waals surface area contributed by atoms with Crippen LogP contribution in [0.1, 0.15) is 30.9 Å². The number of aromatic nitrogens is 1. The van der Waals surface area contributed by atoms with Gasteiger partial charge in [0.1, 0.15) is 11.3 Å². The predicted octanol–water partition coefficient (Wildman–Crippen LogP) is 3.92. The van der Waals surface area contributed by atoms with Crippen molar-refractivity contribution in [2.24, 2.45) is 0 Å². The van der Waals surface area contributed by atoms with Gasteiger partial charge in [0.2, 0.25) is 0 Å². The summed E-state index contributed by atoms with van der Waals surface area (Å²) in [6, 6.07) is 5.18. The molecule has 26 heavy (non-hydrogen) atoms. The van der Waals surface area contributed by atoms with E-state index < -0.39 is 0 Å². The van der Waals surface area contributed by atoms with Crippen LogP contribution in [0.5, 0.6) is 5.75 Å². The average molecular weight is 372 g/mol. The fourth-order valence-corrected chi connectivity index (χ4v) is 3.28. The lowest BCUT2D eigenvalue weighted by atomic mass is 10.0. The van der Waals surface area contributed by atoms with Crippen molar-refractivity contribution < 1.29 is 13.9 Å². The van der Waals surface area contributed by atoms with Crippen molar-refractivity contribution in [1.29, 1.82) is 0 Å². The number of unbranched alkanes of at least 4 members (excludes halogenated alkanes) is 1. The summed E-state index contributed by atoms with van der Waals surface area (Å²) < 4.78 is 11.1. The molecule has 0 saturated carbocycles. The van der Waals surface area contributed by atoms with Crippen molar-refractivity contribution >= 4 is 33.3 Å². The number of hydrogen-bond acceptors (Lipinski definition) is 6. The van der Waals surface area contributed by atoms with Gasteiger partial charge in [-0.25, -0.2) is 9.78 Å². The van der Waals surface area contributed by atoms with Gasteiger partial charge in [0.15, 0.2) is 11.7 Å². The third kappa shape index (κ3) is 4.29. The Labute approximate surface area is 154 Å². The molecule has 136 valence electrons. The van der Waals surface area contributed by atoms with Crippen LogP contribution in [0, 0.1) is 6.92 Å². The molecule has 2 heterocycles. The highest BCUT2D eigenvalue weighted by Gasteiger charge is 2.14. The summed E-state index contributed by atoms with van der Waals surface area (Å²) in [4.78, 5) is 27.9. The number of nitrogens with one attached hydrogen (secondary N) is 1. The summed E-state index contributed by atoms with van der Waals surface area (Å²) in [5, 5.41) is 5.75. The Balaban J connectivity index is 1.88. The summed E-state index contributed by atoms with van der Waals surface area (Å²) >= 11 is 1.34. The molecule has 0 fully saturated rings. The molecule has 0 radical (unpaired) electrons. The van der Waals surface area contributed by atoms with Crippen molar-refractivity contribution in [3.05, 3.63) is 51.3 Å². The number of ether oxygens (including phenoxy) is 1. The smallest absolute Gasteiger partial charge is 0.336 e. The summed E-state index contributed by atoms with van der Waals surface area (Å²) in [5.41, 5.74) is 1.89. The lowest BCUT2D eigenvalue weighted by molar-refractivity contribution is -0.118. The van der Waals surface area contributed by atoms with Crippen LogP contribution in [-0.4, -0.2) is 17.5 Å². The van der Waals surface area contributed by atoms with E-state index >= 15 is 0 Å². The lowest BCUT2D eigenvalue weighted by Crippen LogP contribution is -2.20. The molecule has 1 aromatic carbocycles. The number of fused-ring (bicyclic) bond motifs is 1. The zero-order chi connectivity index (χ0) is 18.5. The highest BCUT2D eigenvalue weighted by atomic mass is 32.1.